The predicted molar refractivity (Wildman–Crippen MR) is 86.3 cm³/mol. The van der Waals surface area contributed by atoms with Crippen LogP contribution in [0, 0.1) is 0 Å². The predicted octanol–water partition coefficient (Wildman–Crippen LogP) is 2.61. The highest BCUT2D eigenvalue weighted by Crippen LogP contribution is 2.39. The van der Waals surface area contributed by atoms with Crippen LogP contribution < -0.4 is 5.32 Å². The van der Waals surface area contributed by atoms with Crippen molar-refractivity contribution in [2.45, 2.75) is 55.2 Å². The molecule has 0 unspecified atom stereocenters. The molecule has 0 amide bonds. The summed E-state index contributed by atoms with van der Waals surface area (Å²) >= 11 is 1.43. The highest BCUT2D eigenvalue weighted by Gasteiger charge is 2.46. The molecular weight excluding hydrogens is 304 g/mol. The first kappa shape index (κ1) is 15.5. The van der Waals surface area contributed by atoms with Crippen molar-refractivity contribution in [3.05, 3.63) is 17.0 Å². The second kappa shape index (κ2) is 5.99. The molecule has 1 aliphatic carbocycles. The number of hydrogen-bond acceptors (Lipinski definition) is 4. The zero-order valence-electron chi connectivity index (χ0n) is 12.6. The van der Waals surface area contributed by atoms with Gasteiger partial charge in [-0.2, -0.15) is 4.31 Å². The van der Waals surface area contributed by atoms with Gasteiger partial charge in [-0.25, -0.2) is 8.42 Å². The molecule has 0 atom stereocenters. The van der Waals surface area contributed by atoms with E-state index >= 15 is 0 Å². The summed E-state index contributed by atoms with van der Waals surface area (Å²) in [6, 6.07) is 3.74. The van der Waals surface area contributed by atoms with Gasteiger partial charge in [0.15, 0.2) is 0 Å². The average Bonchev–Trinajstić information content (AvgIpc) is 2.98. The fraction of sp³-hybridized carbons (Fsp3) is 0.733. The summed E-state index contributed by atoms with van der Waals surface area (Å²) in [6.07, 6.45) is 6.38. The van der Waals surface area contributed by atoms with Crippen molar-refractivity contribution in [2.75, 3.05) is 19.6 Å². The lowest BCUT2D eigenvalue weighted by Gasteiger charge is -2.48. The number of thiophene rings is 1. The van der Waals surface area contributed by atoms with Gasteiger partial charge < -0.3 is 5.32 Å². The molecule has 118 valence electrons. The van der Waals surface area contributed by atoms with Crippen LogP contribution in [0.1, 0.15) is 43.9 Å². The minimum atomic E-state index is -3.35. The van der Waals surface area contributed by atoms with Crippen molar-refractivity contribution >= 4 is 21.4 Å². The number of nitrogens with one attached hydrogen (secondary N) is 1. The summed E-state index contributed by atoms with van der Waals surface area (Å²) in [7, 11) is -3.35. The molecule has 1 aliphatic heterocycles. The highest BCUT2D eigenvalue weighted by atomic mass is 32.2. The second-order valence-electron chi connectivity index (χ2n) is 6.11. The zero-order chi connectivity index (χ0) is 14.9. The lowest BCUT2D eigenvalue weighted by molar-refractivity contribution is 0.101. The molecule has 3 rings (SSSR count). The van der Waals surface area contributed by atoms with E-state index in [4.69, 9.17) is 0 Å². The lowest BCUT2D eigenvalue weighted by atomic mass is 9.80. The molecule has 2 aliphatic rings. The largest absolute Gasteiger partial charge is 0.314 e. The Labute approximate surface area is 131 Å². The third-order valence-corrected chi connectivity index (χ3v) is 8.49. The SMILES string of the molecule is CCc1ccc(S(=O)(=O)N2CCNCC23CCCCC3)s1. The fourth-order valence-electron chi connectivity index (χ4n) is 3.63. The number of sulfonamides is 1. The van der Waals surface area contributed by atoms with E-state index in [-0.39, 0.29) is 5.54 Å². The molecule has 0 radical (unpaired) electrons. The Morgan fingerprint density at radius 2 is 2.05 bits per heavy atom. The molecule has 21 heavy (non-hydrogen) atoms. The minimum absolute atomic E-state index is 0.189. The zero-order valence-corrected chi connectivity index (χ0v) is 14.2. The molecule has 0 bridgehead atoms. The Morgan fingerprint density at radius 1 is 1.29 bits per heavy atom. The molecule has 1 saturated carbocycles. The van der Waals surface area contributed by atoms with Crippen molar-refractivity contribution in [3.8, 4) is 0 Å². The molecular formula is C15H24N2O2S2. The first-order chi connectivity index (χ1) is 10.1. The van der Waals surface area contributed by atoms with Gasteiger partial charge >= 0.3 is 0 Å². The number of nitrogens with zero attached hydrogens (tertiary/aromatic N) is 1. The van der Waals surface area contributed by atoms with Crippen LogP contribution in [0.3, 0.4) is 0 Å². The number of hydrogen-bond donors (Lipinski definition) is 1. The van der Waals surface area contributed by atoms with E-state index < -0.39 is 10.0 Å². The summed E-state index contributed by atoms with van der Waals surface area (Å²) in [5.41, 5.74) is -0.189. The van der Waals surface area contributed by atoms with E-state index in [1.54, 1.807) is 6.07 Å². The Morgan fingerprint density at radius 3 is 2.71 bits per heavy atom. The van der Waals surface area contributed by atoms with Crippen molar-refractivity contribution in [1.82, 2.24) is 9.62 Å². The molecule has 1 spiro atoms. The summed E-state index contributed by atoms with van der Waals surface area (Å²) in [5.74, 6) is 0. The van der Waals surface area contributed by atoms with Gasteiger partial charge in [0, 0.05) is 30.1 Å². The number of rotatable bonds is 3. The molecule has 1 N–H and O–H groups in total. The second-order valence-corrected chi connectivity index (χ2v) is 9.37. The van der Waals surface area contributed by atoms with E-state index in [1.165, 1.54) is 17.8 Å². The minimum Gasteiger partial charge on any atom is -0.314 e. The maximum absolute atomic E-state index is 13.1. The van der Waals surface area contributed by atoms with Crippen LogP contribution in [-0.4, -0.2) is 37.9 Å². The third kappa shape index (κ3) is 2.79. The number of piperazine rings is 1. The van der Waals surface area contributed by atoms with Gasteiger partial charge in [0.2, 0.25) is 0 Å². The van der Waals surface area contributed by atoms with Crippen molar-refractivity contribution in [1.29, 1.82) is 0 Å². The summed E-state index contributed by atoms with van der Waals surface area (Å²) in [4.78, 5) is 1.14. The molecule has 2 fully saturated rings. The monoisotopic (exact) mass is 328 g/mol. The first-order valence-electron chi connectivity index (χ1n) is 7.91. The maximum atomic E-state index is 13.1. The topological polar surface area (TPSA) is 49.4 Å². The van der Waals surface area contributed by atoms with E-state index in [2.05, 4.69) is 12.2 Å². The summed E-state index contributed by atoms with van der Waals surface area (Å²) in [5, 5.41) is 3.41. The van der Waals surface area contributed by atoms with Crippen LogP contribution >= 0.6 is 11.3 Å². The molecule has 1 aromatic rings. The lowest BCUT2D eigenvalue weighted by Crippen LogP contribution is -2.63. The molecule has 1 aromatic heterocycles. The van der Waals surface area contributed by atoms with Gasteiger partial charge in [0.1, 0.15) is 4.21 Å². The van der Waals surface area contributed by atoms with E-state index in [0.717, 1.165) is 50.1 Å². The molecule has 2 heterocycles. The molecule has 0 aromatic carbocycles. The van der Waals surface area contributed by atoms with Gasteiger partial charge in [-0.15, -0.1) is 11.3 Å². The van der Waals surface area contributed by atoms with E-state index in [1.807, 2.05) is 10.4 Å². The maximum Gasteiger partial charge on any atom is 0.253 e. The van der Waals surface area contributed by atoms with Crippen LogP contribution in [0.2, 0.25) is 0 Å². The van der Waals surface area contributed by atoms with Gasteiger partial charge in [-0.05, 0) is 31.4 Å². The standard InChI is InChI=1S/C15H24N2O2S2/c1-2-13-6-7-14(20-13)21(18,19)17-11-10-16-12-15(17)8-4-3-5-9-15/h6-7,16H,2-5,8-12H2,1H3. The smallest absolute Gasteiger partial charge is 0.253 e. The van der Waals surface area contributed by atoms with Crippen molar-refractivity contribution < 1.29 is 8.42 Å². The van der Waals surface area contributed by atoms with Gasteiger partial charge in [-0.3, -0.25) is 0 Å². The molecule has 6 heteroatoms. The van der Waals surface area contributed by atoms with Crippen LogP contribution in [0.5, 0.6) is 0 Å². The third-order valence-electron chi connectivity index (χ3n) is 4.79. The fourth-order valence-corrected chi connectivity index (χ4v) is 6.87. The van der Waals surface area contributed by atoms with Crippen molar-refractivity contribution in [2.24, 2.45) is 0 Å². The van der Waals surface area contributed by atoms with Gasteiger partial charge in [0.25, 0.3) is 10.0 Å². The quantitative estimate of drug-likeness (QED) is 0.928. The number of aryl methyl sites for hydroxylation is 1. The van der Waals surface area contributed by atoms with E-state index in [0.29, 0.717) is 10.8 Å². The van der Waals surface area contributed by atoms with Crippen LogP contribution in [-0.2, 0) is 16.4 Å². The van der Waals surface area contributed by atoms with Crippen LogP contribution in [0.4, 0.5) is 0 Å². The average molecular weight is 329 g/mol. The Hall–Kier alpha value is -0.430. The summed E-state index contributed by atoms with van der Waals surface area (Å²) < 4.78 is 28.5. The Bertz CT molecular complexity index is 580. The Kier molecular flexibility index (Phi) is 4.41. The molecule has 1 saturated heterocycles. The van der Waals surface area contributed by atoms with E-state index in [9.17, 15) is 8.42 Å². The summed E-state index contributed by atoms with van der Waals surface area (Å²) in [6.45, 7) is 4.22. The first-order valence-corrected chi connectivity index (χ1v) is 10.2. The van der Waals surface area contributed by atoms with Gasteiger partial charge in [-0.1, -0.05) is 26.2 Å². The van der Waals surface area contributed by atoms with Crippen LogP contribution in [0.15, 0.2) is 16.3 Å². The normalized spacial score (nSPS) is 23.5. The highest BCUT2D eigenvalue weighted by molar-refractivity contribution is 7.91. The van der Waals surface area contributed by atoms with Crippen molar-refractivity contribution in [3.63, 3.8) is 0 Å². The molecule has 4 nitrogen and oxygen atoms in total. The Balaban J connectivity index is 1.95. The van der Waals surface area contributed by atoms with Gasteiger partial charge in [0.05, 0.1) is 0 Å². The van der Waals surface area contributed by atoms with Crippen LogP contribution in [0.25, 0.3) is 0 Å².